The van der Waals surface area contributed by atoms with E-state index in [9.17, 15) is 9.59 Å². The third-order valence-electron chi connectivity index (χ3n) is 8.64. The van der Waals surface area contributed by atoms with E-state index in [0.717, 1.165) is 31.4 Å². The van der Waals surface area contributed by atoms with E-state index in [0.29, 0.717) is 61.0 Å². The molecule has 3 atom stereocenters. The summed E-state index contributed by atoms with van der Waals surface area (Å²) >= 11 is 0. The first-order valence-electron chi connectivity index (χ1n) is 14.4. The van der Waals surface area contributed by atoms with Gasteiger partial charge in [0, 0.05) is 43.0 Å². The van der Waals surface area contributed by atoms with Crippen molar-refractivity contribution < 1.29 is 23.5 Å². The predicted molar refractivity (Wildman–Crippen MR) is 146 cm³/mol. The molecule has 0 bridgehead atoms. The topological polar surface area (TPSA) is 94.8 Å². The minimum atomic E-state index is -0.437. The Labute approximate surface area is 229 Å². The molecule has 0 spiro atoms. The Kier molecular flexibility index (Phi) is 8.45. The van der Waals surface area contributed by atoms with Gasteiger partial charge in [-0.1, -0.05) is 25.8 Å². The minimum absolute atomic E-state index is 0.186. The molecule has 39 heavy (non-hydrogen) atoms. The number of carbonyl (C=O) groups is 2. The molecule has 1 amide bonds. The van der Waals surface area contributed by atoms with Crippen molar-refractivity contribution in [3.63, 3.8) is 0 Å². The van der Waals surface area contributed by atoms with Gasteiger partial charge in [-0.2, -0.15) is 5.10 Å². The first-order valence-corrected chi connectivity index (χ1v) is 14.4. The van der Waals surface area contributed by atoms with Crippen LogP contribution in [-0.4, -0.2) is 53.2 Å². The molecule has 2 fully saturated rings. The van der Waals surface area contributed by atoms with Crippen LogP contribution in [0.2, 0.25) is 0 Å². The summed E-state index contributed by atoms with van der Waals surface area (Å²) < 4.78 is 28.7. The van der Waals surface area contributed by atoms with Crippen molar-refractivity contribution in [2.24, 2.45) is 22.7 Å². The lowest BCUT2D eigenvalue weighted by atomic mass is 9.77. The molecule has 5 rings (SSSR count). The number of esters is 1. The van der Waals surface area contributed by atoms with Gasteiger partial charge in [0.05, 0.1) is 30.9 Å². The van der Waals surface area contributed by atoms with Crippen LogP contribution in [0.3, 0.4) is 0 Å². The fourth-order valence-electron chi connectivity index (χ4n) is 6.40. The van der Waals surface area contributed by atoms with E-state index in [4.69, 9.17) is 14.5 Å². The number of aliphatic imine (C=N–C) groups is 1. The van der Waals surface area contributed by atoms with E-state index < -0.39 is 11.8 Å². The summed E-state index contributed by atoms with van der Waals surface area (Å²) in [5.74, 6) is -0.768. The molecule has 3 aliphatic rings. The Balaban J connectivity index is 1.41. The Morgan fingerprint density at radius 1 is 1.18 bits per heavy atom. The molecular formula is C30H39FN4O4. The molecule has 1 aromatic carbocycles. The van der Waals surface area contributed by atoms with Crippen LogP contribution in [-0.2, 0) is 27.2 Å². The normalized spacial score (nSPS) is 25.5. The molecule has 1 saturated carbocycles. The van der Waals surface area contributed by atoms with E-state index in [-0.39, 0.29) is 36.3 Å². The lowest BCUT2D eigenvalue weighted by molar-refractivity contribution is -0.152. The van der Waals surface area contributed by atoms with Gasteiger partial charge in [0.2, 0.25) is 0 Å². The van der Waals surface area contributed by atoms with Crippen LogP contribution in [0.4, 0.5) is 10.1 Å². The number of nitrogens with one attached hydrogen (secondary N) is 1. The van der Waals surface area contributed by atoms with Crippen molar-refractivity contribution in [2.75, 3.05) is 19.8 Å². The lowest BCUT2D eigenvalue weighted by Gasteiger charge is -2.33. The number of aromatic nitrogens is 2. The van der Waals surface area contributed by atoms with Gasteiger partial charge in [0.15, 0.2) is 0 Å². The van der Waals surface area contributed by atoms with E-state index in [1.807, 2.05) is 13.0 Å². The summed E-state index contributed by atoms with van der Waals surface area (Å²) in [6.45, 7) is 7.61. The van der Waals surface area contributed by atoms with Crippen LogP contribution in [0.5, 0.6) is 0 Å². The average Bonchev–Trinajstić information content (AvgIpc) is 3.60. The molecule has 210 valence electrons. The highest BCUT2D eigenvalue weighted by Gasteiger charge is 2.38. The number of aryl methyl sites for hydroxylation is 1. The summed E-state index contributed by atoms with van der Waals surface area (Å²) in [5.41, 5.74) is 2.90. The number of nitrogens with zero attached hydrogens (tertiary/aromatic N) is 3. The summed E-state index contributed by atoms with van der Waals surface area (Å²) in [5, 5.41) is 7.50. The van der Waals surface area contributed by atoms with Crippen LogP contribution >= 0.6 is 0 Å². The summed E-state index contributed by atoms with van der Waals surface area (Å²) in [6, 6.07) is 5.01. The third-order valence-corrected chi connectivity index (χ3v) is 8.64. The quantitative estimate of drug-likeness (QED) is 0.479. The van der Waals surface area contributed by atoms with Crippen molar-refractivity contribution in [3.8, 4) is 0 Å². The van der Waals surface area contributed by atoms with E-state index >= 15 is 4.39 Å². The van der Waals surface area contributed by atoms with Gasteiger partial charge in [-0.05, 0) is 62.6 Å². The molecule has 1 N–H and O–H groups in total. The maximum atomic E-state index is 16.1. The van der Waals surface area contributed by atoms with Crippen molar-refractivity contribution in [2.45, 2.75) is 77.8 Å². The second kappa shape index (κ2) is 12.0. The number of fused-ring (bicyclic) bond motifs is 1. The molecule has 2 aliphatic heterocycles. The van der Waals surface area contributed by atoms with E-state index in [1.54, 1.807) is 29.9 Å². The average molecular weight is 539 g/mol. The minimum Gasteiger partial charge on any atom is -0.466 e. The van der Waals surface area contributed by atoms with Crippen molar-refractivity contribution in [3.05, 3.63) is 47.0 Å². The number of hydrogen-bond acceptors (Lipinski definition) is 6. The van der Waals surface area contributed by atoms with Gasteiger partial charge in [0.1, 0.15) is 11.5 Å². The highest BCUT2D eigenvalue weighted by atomic mass is 19.1. The highest BCUT2D eigenvalue weighted by molar-refractivity contribution is 6.02. The third kappa shape index (κ3) is 5.64. The number of ether oxygens (including phenoxy) is 2. The Morgan fingerprint density at radius 2 is 1.97 bits per heavy atom. The van der Waals surface area contributed by atoms with Gasteiger partial charge < -0.3 is 14.8 Å². The fraction of sp³-hybridized carbons (Fsp3) is 0.600. The van der Waals surface area contributed by atoms with Gasteiger partial charge >= 0.3 is 5.97 Å². The zero-order valence-corrected chi connectivity index (χ0v) is 23.1. The van der Waals surface area contributed by atoms with Gasteiger partial charge in [-0.15, -0.1) is 0 Å². The van der Waals surface area contributed by atoms with Gasteiger partial charge in [-0.3, -0.25) is 19.3 Å². The maximum Gasteiger partial charge on any atom is 0.309 e. The molecule has 1 aliphatic carbocycles. The van der Waals surface area contributed by atoms with Crippen LogP contribution in [0.25, 0.3) is 0 Å². The molecule has 1 aromatic heterocycles. The largest absolute Gasteiger partial charge is 0.466 e. The molecule has 3 heterocycles. The summed E-state index contributed by atoms with van der Waals surface area (Å²) in [6.07, 6.45) is 6.64. The molecular weight excluding hydrogens is 499 g/mol. The maximum absolute atomic E-state index is 16.1. The Hall–Kier alpha value is -3.07. The highest BCUT2D eigenvalue weighted by Crippen LogP contribution is 2.40. The van der Waals surface area contributed by atoms with Gasteiger partial charge in [0.25, 0.3) is 5.91 Å². The number of hydrogen-bond donors (Lipinski definition) is 1. The van der Waals surface area contributed by atoms with Crippen LogP contribution in [0, 0.1) is 23.6 Å². The second-order valence-electron chi connectivity index (χ2n) is 11.1. The molecule has 2 aromatic rings. The molecule has 2 unspecified atom stereocenters. The SMILES string of the molecule is CCOC(=O)C1CCOCC1c1ccc2c(c1F)CC([C@@H](NC(=O)c1ccnn1CC)C1CCC(C)CC1)=N2. The van der Waals surface area contributed by atoms with Crippen molar-refractivity contribution in [1.82, 2.24) is 15.1 Å². The zero-order chi connectivity index (χ0) is 27.5. The number of halogens is 1. The predicted octanol–water partition coefficient (Wildman–Crippen LogP) is 4.98. The Bertz CT molecular complexity index is 1230. The second-order valence-corrected chi connectivity index (χ2v) is 11.1. The number of benzene rings is 1. The Morgan fingerprint density at radius 3 is 2.72 bits per heavy atom. The first kappa shape index (κ1) is 27.5. The monoisotopic (exact) mass is 538 g/mol. The van der Waals surface area contributed by atoms with Crippen molar-refractivity contribution in [1.29, 1.82) is 0 Å². The summed E-state index contributed by atoms with van der Waals surface area (Å²) in [4.78, 5) is 30.9. The van der Waals surface area contributed by atoms with Crippen molar-refractivity contribution >= 4 is 23.3 Å². The lowest BCUT2D eigenvalue weighted by Crippen LogP contribution is -2.47. The fourth-order valence-corrected chi connectivity index (χ4v) is 6.40. The van der Waals surface area contributed by atoms with Crippen LogP contribution in [0.15, 0.2) is 29.4 Å². The first-order chi connectivity index (χ1) is 18.9. The number of amides is 1. The van der Waals surface area contributed by atoms with Gasteiger partial charge in [-0.25, -0.2) is 4.39 Å². The van der Waals surface area contributed by atoms with Crippen LogP contribution < -0.4 is 5.32 Å². The number of carbonyl (C=O) groups excluding carboxylic acids is 2. The molecule has 9 heteroatoms. The molecule has 1 saturated heterocycles. The van der Waals surface area contributed by atoms with E-state index in [1.165, 1.54) is 0 Å². The standard InChI is InChI=1S/C30H39FN4O4/c1-4-35-26(12-14-32-35)29(36)34-28(19-8-6-18(3)7-9-19)25-16-22-24(33-25)11-10-20(27(22)31)23-17-38-15-13-21(23)30(37)39-5-2/h10-12,14,18-19,21,23,28H,4-9,13,15-17H2,1-3H3,(H,34,36)/t18?,19?,21?,23?,28-/m0/s1. The zero-order valence-electron chi connectivity index (χ0n) is 23.1. The molecule has 0 radical (unpaired) electrons. The van der Waals surface area contributed by atoms with Crippen LogP contribution in [0.1, 0.15) is 80.4 Å². The van der Waals surface area contributed by atoms with E-state index in [2.05, 4.69) is 17.3 Å². The smallest absolute Gasteiger partial charge is 0.309 e. The number of rotatable bonds is 8. The molecule has 8 nitrogen and oxygen atoms in total. The summed E-state index contributed by atoms with van der Waals surface area (Å²) in [7, 11) is 0.